The third-order valence-corrected chi connectivity index (χ3v) is 7.10. The molecule has 32 heavy (non-hydrogen) atoms. The smallest absolute Gasteiger partial charge is 0.299 e. The topological polar surface area (TPSA) is 17.8 Å². The highest BCUT2D eigenvalue weighted by Crippen LogP contribution is 2.39. The fourth-order valence-electron chi connectivity index (χ4n) is 3.33. The Balaban J connectivity index is 1.97. The zero-order valence-electron chi connectivity index (χ0n) is 16.3. The molecule has 0 unspecified atom stereocenters. The highest BCUT2D eigenvalue weighted by Gasteiger charge is 2.38. The summed E-state index contributed by atoms with van der Waals surface area (Å²) in [5, 5.41) is 1.61. The Bertz CT molecular complexity index is 1160. The maximum absolute atomic E-state index is 13.7. The molecule has 0 bridgehead atoms. The average molecular weight is 464 g/mol. The second kappa shape index (κ2) is 8.43. The van der Waals surface area contributed by atoms with Crippen LogP contribution >= 0.6 is 7.92 Å². The van der Waals surface area contributed by atoms with Gasteiger partial charge < -0.3 is 0 Å². The first-order chi connectivity index (χ1) is 15.2. The van der Waals surface area contributed by atoms with Crippen molar-refractivity contribution in [2.75, 3.05) is 0 Å². The first kappa shape index (κ1) is 22.1. The first-order valence-electron chi connectivity index (χ1n) is 9.38. The Morgan fingerprint density at radius 2 is 1.25 bits per heavy atom. The van der Waals surface area contributed by atoms with E-state index in [2.05, 4.69) is 4.98 Å². The van der Waals surface area contributed by atoms with Gasteiger partial charge in [0, 0.05) is 20.3 Å². The van der Waals surface area contributed by atoms with Gasteiger partial charge in [-0.1, -0.05) is 60.7 Å². The van der Waals surface area contributed by atoms with E-state index in [1.807, 2.05) is 36.4 Å². The van der Waals surface area contributed by atoms with Crippen LogP contribution in [0.2, 0.25) is 0 Å². The fourth-order valence-corrected chi connectivity index (χ4v) is 5.60. The normalized spacial score (nSPS) is 12.3. The maximum Gasteiger partial charge on any atom is 0.418 e. The number of aromatic nitrogens is 2. The van der Waals surface area contributed by atoms with Gasteiger partial charge in [0.05, 0.1) is 16.8 Å². The number of halogens is 6. The minimum Gasteiger partial charge on any atom is -0.299 e. The summed E-state index contributed by atoms with van der Waals surface area (Å²) in [6, 6.07) is 19.6. The van der Waals surface area contributed by atoms with Crippen LogP contribution in [0.1, 0.15) is 11.1 Å². The second-order valence-corrected chi connectivity index (χ2v) is 8.93. The van der Waals surface area contributed by atoms with E-state index in [0.29, 0.717) is 18.2 Å². The number of rotatable bonds is 4. The van der Waals surface area contributed by atoms with Gasteiger partial charge in [-0.2, -0.15) is 26.3 Å². The van der Waals surface area contributed by atoms with E-state index in [1.54, 1.807) is 24.3 Å². The standard InChI is InChI=1S/C23H15F6N2P/c24-22(25,26)16-11-12-19(23(27,28)29)20(15-16)31-14-13-30-21(31)32(17-7-3-1-4-8-17)18-9-5-2-6-10-18/h1-15H. The maximum atomic E-state index is 13.7. The molecule has 164 valence electrons. The van der Waals surface area contributed by atoms with Crippen molar-refractivity contribution in [1.29, 1.82) is 0 Å². The number of imidazole rings is 1. The van der Waals surface area contributed by atoms with E-state index in [0.717, 1.165) is 15.2 Å². The third-order valence-electron chi connectivity index (χ3n) is 4.74. The summed E-state index contributed by atoms with van der Waals surface area (Å²) < 4.78 is 82.3. The lowest BCUT2D eigenvalue weighted by atomic mass is 10.1. The van der Waals surface area contributed by atoms with Crippen molar-refractivity contribution in [2.45, 2.75) is 12.4 Å². The number of hydrogen-bond donors (Lipinski definition) is 0. The molecule has 0 saturated carbocycles. The SMILES string of the molecule is FC(F)(F)c1ccc(C(F)(F)F)c(-n2ccnc2P(c2ccccc2)c2ccccc2)c1. The Hall–Kier alpha value is -3.12. The lowest BCUT2D eigenvalue weighted by molar-refractivity contribution is -0.141. The van der Waals surface area contributed by atoms with Gasteiger partial charge in [-0.25, -0.2) is 4.98 Å². The zero-order valence-corrected chi connectivity index (χ0v) is 17.2. The molecule has 0 aliphatic rings. The Morgan fingerprint density at radius 1 is 0.688 bits per heavy atom. The monoisotopic (exact) mass is 464 g/mol. The van der Waals surface area contributed by atoms with Crippen molar-refractivity contribution in [3.05, 3.63) is 102 Å². The molecule has 0 saturated heterocycles. The summed E-state index contributed by atoms with van der Waals surface area (Å²) >= 11 is 0. The van der Waals surface area contributed by atoms with Crippen LogP contribution in [-0.2, 0) is 12.4 Å². The highest BCUT2D eigenvalue weighted by molar-refractivity contribution is 7.79. The predicted molar refractivity (Wildman–Crippen MR) is 112 cm³/mol. The van der Waals surface area contributed by atoms with E-state index in [-0.39, 0.29) is 5.57 Å². The van der Waals surface area contributed by atoms with E-state index in [9.17, 15) is 26.3 Å². The van der Waals surface area contributed by atoms with Crippen LogP contribution in [0.5, 0.6) is 0 Å². The number of hydrogen-bond acceptors (Lipinski definition) is 1. The van der Waals surface area contributed by atoms with Crippen LogP contribution in [-0.4, -0.2) is 9.55 Å². The van der Waals surface area contributed by atoms with Gasteiger partial charge in [0.25, 0.3) is 0 Å². The molecule has 4 rings (SSSR count). The van der Waals surface area contributed by atoms with Gasteiger partial charge in [-0.3, -0.25) is 4.57 Å². The molecular weight excluding hydrogens is 449 g/mol. The van der Waals surface area contributed by atoms with Gasteiger partial charge in [0.2, 0.25) is 0 Å². The van der Waals surface area contributed by atoms with Gasteiger partial charge in [-0.15, -0.1) is 0 Å². The van der Waals surface area contributed by atoms with E-state index in [1.165, 1.54) is 12.4 Å². The quantitative estimate of drug-likeness (QED) is 0.281. The first-order valence-corrected chi connectivity index (χ1v) is 10.7. The molecule has 0 spiro atoms. The summed E-state index contributed by atoms with van der Waals surface area (Å²) in [5.41, 5.74) is -2.70. The molecule has 0 radical (unpaired) electrons. The predicted octanol–water partition coefficient (Wildman–Crippen LogP) is 5.67. The summed E-state index contributed by atoms with van der Waals surface area (Å²) in [4.78, 5) is 4.30. The van der Waals surface area contributed by atoms with Crippen LogP contribution in [0, 0.1) is 0 Å². The summed E-state index contributed by atoms with van der Waals surface area (Å²) in [6.07, 6.45) is -7.06. The molecule has 3 aromatic carbocycles. The van der Waals surface area contributed by atoms with Gasteiger partial charge in [-0.05, 0) is 28.8 Å². The van der Waals surface area contributed by atoms with Crippen molar-refractivity contribution < 1.29 is 26.3 Å². The molecule has 0 fully saturated rings. The largest absolute Gasteiger partial charge is 0.418 e. The van der Waals surface area contributed by atoms with Gasteiger partial charge in [0.1, 0.15) is 5.57 Å². The van der Waals surface area contributed by atoms with Crippen LogP contribution < -0.4 is 16.2 Å². The summed E-state index contributed by atoms with van der Waals surface area (Å²) in [5.74, 6) is 0. The number of alkyl halides is 6. The molecule has 0 aliphatic heterocycles. The van der Waals surface area contributed by atoms with Crippen LogP contribution in [0.3, 0.4) is 0 Å². The van der Waals surface area contributed by atoms with Crippen molar-refractivity contribution in [3.8, 4) is 5.69 Å². The third kappa shape index (κ3) is 4.41. The van der Waals surface area contributed by atoms with Crippen LogP contribution in [0.15, 0.2) is 91.3 Å². The minimum absolute atomic E-state index is 0.238. The molecule has 0 N–H and O–H groups in total. The van der Waals surface area contributed by atoms with E-state index < -0.39 is 37.1 Å². The molecule has 1 aromatic heterocycles. The number of nitrogens with zero attached hydrogens (tertiary/aromatic N) is 2. The Morgan fingerprint density at radius 3 is 1.75 bits per heavy atom. The second-order valence-electron chi connectivity index (χ2n) is 6.83. The minimum atomic E-state index is -4.84. The summed E-state index contributed by atoms with van der Waals surface area (Å²) in [7, 11) is -1.44. The van der Waals surface area contributed by atoms with Crippen LogP contribution in [0.4, 0.5) is 26.3 Å². The Kier molecular flexibility index (Phi) is 5.82. The average Bonchev–Trinajstić information content (AvgIpc) is 3.23. The highest BCUT2D eigenvalue weighted by atomic mass is 31.1. The van der Waals surface area contributed by atoms with Crippen molar-refractivity contribution in [1.82, 2.24) is 9.55 Å². The van der Waals surface area contributed by atoms with Crippen molar-refractivity contribution in [2.24, 2.45) is 0 Å². The fraction of sp³-hybridized carbons (Fsp3) is 0.0870. The molecular formula is C23H15F6N2P. The van der Waals surface area contributed by atoms with Crippen LogP contribution in [0.25, 0.3) is 5.69 Å². The van der Waals surface area contributed by atoms with E-state index in [4.69, 9.17) is 0 Å². The molecule has 4 aromatic rings. The molecule has 2 nitrogen and oxygen atoms in total. The molecule has 9 heteroatoms. The van der Waals surface area contributed by atoms with E-state index >= 15 is 0 Å². The summed E-state index contributed by atoms with van der Waals surface area (Å²) in [6.45, 7) is 0. The molecule has 0 aliphatic carbocycles. The van der Waals surface area contributed by atoms with Gasteiger partial charge >= 0.3 is 12.4 Å². The number of benzene rings is 3. The lowest BCUT2D eigenvalue weighted by Gasteiger charge is -2.22. The van der Waals surface area contributed by atoms with Crippen molar-refractivity contribution >= 4 is 24.1 Å². The lowest BCUT2D eigenvalue weighted by Crippen LogP contribution is -2.28. The molecule has 0 atom stereocenters. The van der Waals surface area contributed by atoms with Crippen molar-refractivity contribution in [3.63, 3.8) is 0 Å². The Labute approximate surface area is 180 Å². The zero-order chi connectivity index (χ0) is 22.9. The molecule has 1 heterocycles. The molecule has 0 amide bonds. The van der Waals surface area contributed by atoms with Gasteiger partial charge in [0.15, 0.2) is 0 Å².